The number of nitrogens with zero attached hydrogens (tertiary/aromatic N) is 3. The van der Waals surface area contributed by atoms with Crippen molar-refractivity contribution in [1.29, 1.82) is 0 Å². The molecule has 10 rings (SSSR count). The van der Waals surface area contributed by atoms with Gasteiger partial charge in [0.1, 0.15) is 0 Å². The van der Waals surface area contributed by atoms with Crippen LogP contribution in [0.1, 0.15) is 22.8 Å². The summed E-state index contributed by atoms with van der Waals surface area (Å²) < 4.78 is 0. The van der Waals surface area contributed by atoms with Crippen LogP contribution in [0.5, 0.6) is 0 Å². The number of hydrogen-bond donors (Lipinski definition) is 2. The van der Waals surface area contributed by atoms with Gasteiger partial charge in [-0.05, 0) is 76.9 Å². The Balaban J connectivity index is 1.40. The quantitative estimate of drug-likeness (QED) is 0.168. The number of para-hydroxylation sites is 1. The molecule has 3 aromatic heterocycles. The number of aliphatic imine (C=N–C) groups is 1. The molecule has 5 aromatic carbocycles. The average Bonchev–Trinajstić information content (AvgIpc) is 4.10. The van der Waals surface area contributed by atoms with Crippen molar-refractivity contribution in [1.82, 2.24) is 19.9 Å². The molecule has 2 N–H and O–H groups in total. The lowest BCUT2D eigenvalue weighted by atomic mass is 10.00. The van der Waals surface area contributed by atoms with Crippen molar-refractivity contribution < 1.29 is 0 Å². The van der Waals surface area contributed by atoms with E-state index in [2.05, 4.69) is 150 Å². The molecule has 0 fully saturated rings. The van der Waals surface area contributed by atoms with Gasteiger partial charge in [0.2, 0.25) is 0 Å². The highest BCUT2D eigenvalue weighted by atomic mass is 14.8. The Labute approximate surface area is 324 Å². The number of benzene rings is 5. The van der Waals surface area contributed by atoms with Crippen molar-refractivity contribution in [3.05, 3.63) is 199 Å². The van der Waals surface area contributed by atoms with Gasteiger partial charge in [-0.1, -0.05) is 140 Å². The number of aromatic amines is 2. The maximum Gasteiger partial charge on any atom is 0.0825 e. The lowest BCUT2D eigenvalue weighted by Crippen LogP contribution is -1.91. The molecule has 5 nitrogen and oxygen atoms in total. The van der Waals surface area contributed by atoms with Crippen LogP contribution in [-0.4, -0.2) is 26.2 Å². The molecule has 0 aliphatic carbocycles. The van der Waals surface area contributed by atoms with Crippen LogP contribution in [0, 0.1) is 0 Å². The van der Waals surface area contributed by atoms with Gasteiger partial charge in [-0.25, -0.2) is 9.97 Å². The summed E-state index contributed by atoms with van der Waals surface area (Å²) in [5.41, 5.74) is 17.3. The Kier molecular flexibility index (Phi) is 8.43. The first kappa shape index (κ1) is 33.0. The average molecular weight is 718 g/mol. The van der Waals surface area contributed by atoms with E-state index in [4.69, 9.17) is 15.0 Å². The van der Waals surface area contributed by atoms with Gasteiger partial charge in [-0.3, -0.25) is 4.99 Å². The Bertz CT molecular complexity index is 2980. The standard InChI is InChI=1S/C51H35N5/c1-6-16-34(17-7-1)47-40-26-27-41(53-40)48(35-18-8-2-9-19-35)43-30-31-45(55-43)50(37-22-12-4-13-23-37)51-38(33-52-39-24-14-5-15-25-39)32-46(56-51)49(36-20-10-3-11-21-36)44-29-28-42(47)54-44/h1-33,54-55H. The fourth-order valence-corrected chi connectivity index (χ4v) is 7.70. The summed E-state index contributed by atoms with van der Waals surface area (Å²) >= 11 is 0. The van der Waals surface area contributed by atoms with E-state index in [1.165, 1.54) is 0 Å². The molecule has 0 unspecified atom stereocenters. The second kappa shape index (κ2) is 14.3. The fraction of sp³-hybridized carbons (Fsp3) is 0. The number of aromatic nitrogens is 4. The van der Waals surface area contributed by atoms with Gasteiger partial charge >= 0.3 is 0 Å². The topological polar surface area (TPSA) is 69.7 Å². The molecular weight excluding hydrogens is 683 g/mol. The van der Waals surface area contributed by atoms with Crippen LogP contribution in [0.3, 0.4) is 0 Å². The molecule has 2 aliphatic heterocycles. The summed E-state index contributed by atoms with van der Waals surface area (Å²) in [6, 6.07) is 60.7. The highest BCUT2D eigenvalue weighted by Gasteiger charge is 2.22. The fourth-order valence-electron chi connectivity index (χ4n) is 7.70. The van der Waals surface area contributed by atoms with Crippen molar-refractivity contribution in [3.8, 4) is 44.5 Å². The Morgan fingerprint density at radius 2 is 0.750 bits per heavy atom. The molecule has 0 saturated carbocycles. The molecule has 5 heteroatoms. The van der Waals surface area contributed by atoms with Crippen molar-refractivity contribution in [2.24, 2.45) is 4.99 Å². The number of rotatable bonds is 6. The SMILES string of the molecule is C1=Cc2nc1c(-c1ccccc1)c1ccc([nH]1)c(-c1ccccc1)c1nc(c(-c3ccccc3)c3ccc([nH]3)c2-c2ccccc2)C(C=Nc2ccccc2)=C1. The van der Waals surface area contributed by atoms with Crippen LogP contribution in [0.4, 0.5) is 5.69 Å². The predicted molar refractivity (Wildman–Crippen MR) is 234 cm³/mol. The summed E-state index contributed by atoms with van der Waals surface area (Å²) in [5, 5.41) is 0. The second-order valence-electron chi connectivity index (χ2n) is 13.8. The molecule has 0 atom stereocenters. The molecule has 264 valence electrons. The Hall–Kier alpha value is -7.63. The number of fused-ring (bicyclic) bond motifs is 8. The van der Waals surface area contributed by atoms with Crippen LogP contribution < -0.4 is 0 Å². The zero-order chi connectivity index (χ0) is 37.3. The lowest BCUT2D eigenvalue weighted by Gasteiger charge is -2.07. The van der Waals surface area contributed by atoms with E-state index in [0.717, 1.165) is 101 Å². The van der Waals surface area contributed by atoms with Gasteiger partial charge in [-0.2, -0.15) is 0 Å². The first-order chi connectivity index (χ1) is 27.8. The predicted octanol–water partition coefficient (Wildman–Crippen LogP) is 13.1. The van der Waals surface area contributed by atoms with Crippen LogP contribution in [0.25, 0.3) is 90.4 Å². The third kappa shape index (κ3) is 6.17. The summed E-state index contributed by atoms with van der Waals surface area (Å²) in [5.74, 6) is 0. The van der Waals surface area contributed by atoms with E-state index >= 15 is 0 Å². The van der Waals surface area contributed by atoms with Gasteiger partial charge in [0.05, 0.1) is 28.5 Å². The summed E-state index contributed by atoms with van der Waals surface area (Å²) in [6.07, 6.45) is 8.39. The summed E-state index contributed by atoms with van der Waals surface area (Å²) in [7, 11) is 0. The molecule has 8 bridgehead atoms. The maximum absolute atomic E-state index is 5.57. The van der Waals surface area contributed by atoms with Crippen LogP contribution >= 0.6 is 0 Å². The number of H-pyrrole nitrogens is 2. The molecule has 0 radical (unpaired) electrons. The first-order valence-corrected chi connectivity index (χ1v) is 18.8. The molecular formula is C51H35N5. The van der Waals surface area contributed by atoms with Gasteiger partial charge in [0.25, 0.3) is 0 Å². The molecule has 5 heterocycles. The van der Waals surface area contributed by atoms with Crippen molar-refractivity contribution >= 4 is 57.8 Å². The van der Waals surface area contributed by atoms with Crippen LogP contribution in [0.15, 0.2) is 181 Å². The summed E-state index contributed by atoms with van der Waals surface area (Å²) in [6.45, 7) is 0. The van der Waals surface area contributed by atoms with E-state index in [1.54, 1.807) is 0 Å². The largest absolute Gasteiger partial charge is 0.354 e. The Morgan fingerprint density at radius 1 is 0.375 bits per heavy atom. The zero-order valence-corrected chi connectivity index (χ0v) is 30.4. The molecule has 0 spiro atoms. The first-order valence-electron chi connectivity index (χ1n) is 18.8. The minimum absolute atomic E-state index is 0.832. The monoisotopic (exact) mass is 717 g/mol. The highest BCUT2D eigenvalue weighted by Crippen LogP contribution is 2.40. The number of allylic oxidation sites excluding steroid dienone is 1. The minimum Gasteiger partial charge on any atom is -0.354 e. The van der Waals surface area contributed by atoms with Gasteiger partial charge in [0.15, 0.2) is 0 Å². The summed E-state index contributed by atoms with van der Waals surface area (Å²) in [4.78, 5) is 23.6. The third-order valence-electron chi connectivity index (χ3n) is 10.3. The smallest absolute Gasteiger partial charge is 0.0825 e. The molecule has 0 saturated heterocycles. The van der Waals surface area contributed by atoms with E-state index in [-0.39, 0.29) is 0 Å². The Morgan fingerprint density at radius 3 is 1.20 bits per heavy atom. The minimum atomic E-state index is 0.832. The lowest BCUT2D eigenvalue weighted by molar-refractivity contribution is 1.31. The van der Waals surface area contributed by atoms with Gasteiger partial charge in [-0.15, -0.1) is 0 Å². The number of nitrogens with one attached hydrogen (secondary N) is 2. The van der Waals surface area contributed by atoms with E-state index in [1.807, 2.05) is 60.8 Å². The van der Waals surface area contributed by atoms with Crippen LogP contribution in [-0.2, 0) is 0 Å². The zero-order valence-electron chi connectivity index (χ0n) is 30.4. The van der Waals surface area contributed by atoms with Crippen LogP contribution in [0.2, 0.25) is 0 Å². The molecule has 56 heavy (non-hydrogen) atoms. The number of hydrogen-bond acceptors (Lipinski definition) is 3. The molecule has 2 aliphatic rings. The second-order valence-corrected chi connectivity index (χ2v) is 13.8. The molecule has 8 aromatic rings. The maximum atomic E-state index is 5.57. The molecule has 0 amide bonds. The third-order valence-corrected chi connectivity index (χ3v) is 10.3. The van der Waals surface area contributed by atoms with Crippen molar-refractivity contribution in [3.63, 3.8) is 0 Å². The normalized spacial score (nSPS) is 12.2. The van der Waals surface area contributed by atoms with E-state index in [9.17, 15) is 0 Å². The van der Waals surface area contributed by atoms with Gasteiger partial charge in [0, 0.05) is 56.1 Å². The van der Waals surface area contributed by atoms with Crippen molar-refractivity contribution in [2.75, 3.05) is 0 Å². The van der Waals surface area contributed by atoms with Gasteiger partial charge < -0.3 is 9.97 Å². The highest BCUT2D eigenvalue weighted by molar-refractivity contribution is 6.20. The van der Waals surface area contributed by atoms with E-state index < -0.39 is 0 Å². The van der Waals surface area contributed by atoms with E-state index in [0.29, 0.717) is 0 Å². The van der Waals surface area contributed by atoms with Crippen molar-refractivity contribution in [2.45, 2.75) is 0 Å².